The SMILES string of the molecule is COc1cc(C)cc2c(CN)c(C(F)(F)F)[nH]c12. The van der Waals surface area contributed by atoms with E-state index in [4.69, 9.17) is 10.5 Å². The minimum absolute atomic E-state index is 0.0690. The molecule has 0 bridgehead atoms. The number of nitrogens with two attached hydrogens (primary N) is 1. The van der Waals surface area contributed by atoms with Crippen molar-refractivity contribution in [2.24, 2.45) is 5.73 Å². The molecule has 18 heavy (non-hydrogen) atoms. The number of hydrogen-bond acceptors (Lipinski definition) is 2. The lowest BCUT2D eigenvalue weighted by atomic mass is 10.1. The van der Waals surface area contributed by atoms with E-state index in [-0.39, 0.29) is 12.1 Å². The van der Waals surface area contributed by atoms with Gasteiger partial charge in [0.15, 0.2) is 0 Å². The Morgan fingerprint density at radius 2 is 2.00 bits per heavy atom. The second kappa shape index (κ2) is 4.20. The van der Waals surface area contributed by atoms with Crippen molar-refractivity contribution < 1.29 is 17.9 Å². The van der Waals surface area contributed by atoms with Crippen LogP contribution in [-0.4, -0.2) is 12.1 Å². The molecule has 3 N–H and O–H groups in total. The first kappa shape index (κ1) is 12.8. The maximum absolute atomic E-state index is 12.9. The van der Waals surface area contributed by atoms with Crippen LogP contribution < -0.4 is 10.5 Å². The molecule has 6 heteroatoms. The maximum atomic E-state index is 12.9. The van der Waals surface area contributed by atoms with Gasteiger partial charge in [0.2, 0.25) is 0 Å². The topological polar surface area (TPSA) is 51.0 Å². The monoisotopic (exact) mass is 258 g/mol. The molecule has 0 saturated carbocycles. The third-order valence-corrected chi connectivity index (χ3v) is 2.83. The van der Waals surface area contributed by atoms with Gasteiger partial charge in [0.05, 0.1) is 12.6 Å². The number of methoxy groups -OCH3 is 1. The van der Waals surface area contributed by atoms with Crippen LogP contribution in [0.5, 0.6) is 5.75 Å². The number of aryl methyl sites for hydroxylation is 1. The van der Waals surface area contributed by atoms with Gasteiger partial charge in [-0.25, -0.2) is 0 Å². The molecule has 0 saturated heterocycles. The number of alkyl halides is 3. The van der Waals surface area contributed by atoms with Crippen molar-refractivity contribution in [2.45, 2.75) is 19.6 Å². The van der Waals surface area contributed by atoms with Crippen molar-refractivity contribution in [2.75, 3.05) is 7.11 Å². The first-order chi connectivity index (χ1) is 8.38. The number of nitrogens with one attached hydrogen (secondary N) is 1. The number of aromatic amines is 1. The summed E-state index contributed by atoms with van der Waals surface area (Å²) >= 11 is 0. The van der Waals surface area contributed by atoms with Crippen molar-refractivity contribution in [3.63, 3.8) is 0 Å². The highest BCUT2D eigenvalue weighted by atomic mass is 19.4. The van der Waals surface area contributed by atoms with E-state index in [0.29, 0.717) is 16.7 Å². The lowest BCUT2D eigenvalue weighted by molar-refractivity contribution is -0.141. The van der Waals surface area contributed by atoms with Crippen LogP contribution in [0.25, 0.3) is 10.9 Å². The van der Waals surface area contributed by atoms with Crippen molar-refractivity contribution in [1.82, 2.24) is 4.98 Å². The Hall–Kier alpha value is -1.69. The Morgan fingerprint density at radius 3 is 2.50 bits per heavy atom. The van der Waals surface area contributed by atoms with E-state index in [2.05, 4.69) is 4.98 Å². The molecule has 2 rings (SSSR count). The number of aromatic nitrogens is 1. The van der Waals surface area contributed by atoms with Gasteiger partial charge in [-0.15, -0.1) is 0 Å². The van der Waals surface area contributed by atoms with Gasteiger partial charge < -0.3 is 15.5 Å². The molecule has 0 amide bonds. The Kier molecular flexibility index (Phi) is 2.98. The Bertz CT molecular complexity index is 587. The minimum Gasteiger partial charge on any atom is -0.495 e. The second-order valence-corrected chi connectivity index (χ2v) is 4.07. The summed E-state index contributed by atoms with van der Waals surface area (Å²) in [7, 11) is 1.42. The van der Waals surface area contributed by atoms with Crippen LogP contribution in [-0.2, 0) is 12.7 Å². The number of fused-ring (bicyclic) bond motifs is 1. The average molecular weight is 258 g/mol. The minimum atomic E-state index is -4.45. The van der Waals surface area contributed by atoms with E-state index in [1.54, 1.807) is 19.1 Å². The molecule has 0 atom stereocenters. The predicted molar refractivity (Wildman–Crippen MR) is 62.5 cm³/mol. The van der Waals surface area contributed by atoms with Crippen LogP contribution in [0.2, 0.25) is 0 Å². The molecule has 0 radical (unpaired) electrons. The van der Waals surface area contributed by atoms with Gasteiger partial charge in [0.25, 0.3) is 0 Å². The van der Waals surface area contributed by atoms with E-state index < -0.39 is 11.9 Å². The van der Waals surface area contributed by atoms with Gasteiger partial charge in [-0.05, 0) is 24.6 Å². The normalized spacial score (nSPS) is 12.1. The number of H-pyrrole nitrogens is 1. The smallest absolute Gasteiger partial charge is 0.431 e. The highest BCUT2D eigenvalue weighted by Crippen LogP contribution is 2.38. The standard InChI is InChI=1S/C12H13F3N2O/c1-6-3-7-8(5-16)11(12(13,14)15)17-10(7)9(4-6)18-2/h3-4,17H,5,16H2,1-2H3. The van der Waals surface area contributed by atoms with Gasteiger partial charge in [0, 0.05) is 17.5 Å². The quantitative estimate of drug-likeness (QED) is 0.870. The first-order valence-corrected chi connectivity index (χ1v) is 5.35. The number of rotatable bonds is 2. The van der Waals surface area contributed by atoms with Gasteiger partial charge in [0.1, 0.15) is 11.4 Å². The summed E-state index contributed by atoms with van der Waals surface area (Å²) in [5, 5.41) is 0.460. The zero-order valence-corrected chi connectivity index (χ0v) is 9.98. The largest absolute Gasteiger partial charge is 0.495 e. The van der Waals surface area contributed by atoms with Crippen LogP contribution in [0.4, 0.5) is 13.2 Å². The zero-order chi connectivity index (χ0) is 13.5. The number of hydrogen-bond donors (Lipinski definition) is 2. The summed E-state index contributed by atoms with van der Waals surface area (Å²) in [6, 6.07) is 3.35. The third-order valence-electron chi connectivity index (χ3n) is 2.83. The van der Waals surface area contributed by atoms with Crippen molar-refractivity contribution >= 4 is 10.9 Å². The third kappa shape index (κ3) is 1.92. The molecule has 0 fully saturated rings. The van der Waals surface area contributed by atoms with E-state index in [1.165, 1.54) is 7.11 Å². The molecule has 98 valence electrons. The number of ether oxygens (including phenoxy) is 1. The number of benzene rings is 1. The summed E-state index contributed by atoms with van der Waals surface area (Å²) in [4.78, 5) is 2.37. The van der Waals surface area contributed by atoms with Gasteiger partial charge in [-0.1, -0.05) is 0 Å². The van der Waals surface area contributed by atoms with Crippen LogP contribution >= 0.6 is 0 Å². The first-order valence-electron chi connectivity index (χ1n) is 5.35. The zero-order valence-electron chi connectivity index (χ0n) is 9.98. The molecule has 3 nitrogen and oxygen atoms in total. The summed E-state index contributed by atoms with van der Waals surface area (Å²) in [5.41, 5.74) is 5.86. The fraction of sp³-hybridized carbons (Fsp3) is 0.333. The lowest BCUT2D eigenvalue weighted by Crippen LogP contribution is -2.11. The van der Waals surface area contributed by atoms with Crippen molar-refractivity contribution in [3.8, 4) is 5.75 Å². The summed E-state index contributed by atoms with van der Waals surface area (Å²) in [5.74, 6) is 0.384. The molecule has 0 spiro atoms. The van der Waals surface area contributed by atoms with Crippen LogP contribution in [0, 0.1) is 6.92 Å². The molecule has 0 aliphatic carbocycles. The Balaban J connectivity index is 2.84. The second-order valence-electron chi connectivity index (χ2n) is 4.07. The molecule has 0 aliphatic rings. The van der Waals surface area contributed by atoms with Crippen LogP contribution in [0.1, 0.15) is 16.8 Å². The van der Waals surface area contributed by atoms with E-state index in [1.807, 2.05) is 0 Å². The summed E-state index contributed by atoms with van der Waals surface area (Å²) in [6.07, 6.45) is -4.45. The van der Waals surface area contributed by atoms with Gasteiger partial charge in [-0.3, -0.25) is 0 Å². The average Bonchev–Trinajstić information content (AvgIpc) is 2.65. The Morgan fingerprint density at radius 1 is 1.33 bits per heavy atom. The molecule has 0 aliphatic heterocycles. The molecular weight excluding hydrogens is 245 g/mol. The molecule has 1 aromatic heterocycles. The van der Waals surface area contributed by atoms with Gasteiger partial charge >= 0.3 is 6.18 Å². The number of halogens is 3. The highest BCUT2D eigenvalue weighted by Gasteiger charge is 2.36. The Labute approximate surface area is 102 Å². The summed E-state index contributed by atoms with van der Waals surface area (Å²) < 4.78 is 43.7. The van der Waals surface area contributed by atoms with Crippen molar-refractivity contribution in [1.29, 1.82) is 0 Å². The molecule has 1 aromatic carbocycles. The lowest BCUT2D eigenvalue weighted by Gasteiger charge is -2.06. The van der Waals surface area contributed by atoms with E-state index in [0.717, 1.165) is 5.56 Å². The fourth-order valence-electron chi connectivity index (χ4n) is 2.07. The molecule has 2 aromatic rings. The maximum Gasteiger partial charge on any atom is 0.431 e. The van der Waals surface area contributed by atoms with Gasteiger partial charge in [-0.2, -0.15) is 13.2 Å². The van der Waals surface area contributed by atoms with Crippen LogP contribution in [0.3, 0.4) is 0 Å². The van der Waals surface area contributed by atoms with E-state index >= 15 is 0 Å². The van der Waals surface area contributed by atoms with E-state index in [9.17, 15) is 13.2 Å². The fourth-order valence-corrected chi connectivity index (χ4v) is 2.07. The summed E-state index contributed by atoms with van der Waals surface area (Å²) in [6.45, 7) is 1.62. The van der Waals surface area contributed by atoms with Crippen molar-refractivity contribution in [3.05, 3.63) is 29.0 Å². The highest BCUT2D eigenvalue weighted by molar-refractivity contribution is 5.90. The molecule has 1 heterocycles. The molecular formula is C12H13F3N2O. The predicted octanol–water partition coefficient (Wildman–Crippen LogP) is 2.96. The molecule has 0 unspecified atom stereocenters. The van der Waals surface area contributed by atoms with Crippen LogP contribution in [0.15, 0.2) is 12.1 Å².